The van der Waals surface area contributed by atoms with Gasteiger partial charge in [0.2, 0.25) is 5.91 Å². The maximum Gasteiger partial charge on any atom is 0.287 e. The number of ether oxygens (including phenoxy) is 1. The van der Waals surface area contributed by atoms with Crippen LogP contribution in [0.1, 0.15) is 48.7 Å². The topological polar surface area (TPSA) is 117 Å². The lowest BCUT2D eigenvalue weighted by Gasteiger charge is -2.35. The van der Waals surface area contributed by atoms with E-state index in [4.69, 9.17) is 9.15 Å². The van der Waals surface area contributed by atoms with Crippen molar-refractivity contribution in [2.24, 2.45) is 5.92 Å². The molecule has 2 unspecified atom stereocenters. The number of carbonyl (C=O) groups excluding carboxylic acids is 3. The number of amides is 3. The van der Waals surface area contributed by atoms with Crippen molar-refractivity contribution in [1.29, 1.82) is 0 Å². The number of morpholine rings is 1. The lowest BCUT2D eigenvalue weighted by molar-refractivity contribution is -0.123. The monoisotopic (exact) mass is 480 g/mol. The summed E-state index contributed by atoms with van der Waals surface area (Å²) >= 11 is 0. The fraction of sp³-hybridized carbons (Fsp3) is 0.423. The summed E-state index contributed by atoms with van der Waals surface area (Å²) in [5.41, 5.74) is 2.08. The van der Waals surface area contributed by atoms with Crippen molar-refractivity contribution in [3.8, 4) is 11.3 Å². The van der Waals surface area contributed by atoms with Gasteiger partial charge in [-0.2, -0.15) is 0 Å². The van der Waals surface area contributed by atoms with Crippen LogP contribution < -0.4 is 10.6 Å². The number of aromatic nitrogens is 1. The molecule has 3 aromatic rings. The van der Waals surface area contributed by atoms with E-state index in [1.807, 2.05) is 56.9 Å². The molecule has 0 saturated carbocycles. The van der Waals surface area contributed by atoms with Crippen LogP contribution in [0.4, 0.5) is 0 Å². The highest BCUT2D eigenvalue weighted by Gasteiger charge is 2.28. The fourth-order valence-corrected chi connectivity index (χ4v) is 4.43. The average molecular weight is 481 g/mol. The summed E-state index contributed by atoms with van der Waals surface area (Å²) < 4.78 is 11.5. The molecule has 9 nitrogen and oxygen atoms in total. The predicted octanol–water partition coefficient (Wildman–Crippen LogP) is 3.18. The summed E-state index contributed by atoms with van der Waals surface area (Å²) in [6.07, 6.45) is -0.00703. The van der Waals surface area contributed by atoms with Crippen molar-refractivity contribution >= 4 is 28.6 Å². The van der Waals surface area contributed by atoms with Gasteiger partial charge in [-0.05, 0) is 44.0 Å². The first-order valence-electron chi connectivity index (χ1n) is 11.9. The summed E-state index contributed by atoms with van der Waals surface area (Å²) in [5.74, 6) is -0.226. The molecular weight excluding hydrogens is 448 g/mol. The molecule has 0 spiro atoms. The summed E-state index contributed by atoms with van der Waals surface area (Å²) in [7, 11) is 1.53. The molecule has 186 valence electrons. The molecular formula is C26H32N4O5. The second-order valence-electron chi connectivity index (χ2n) is 9.43. The van der Waals surface area contributed by atoms with Crippen molar-refractivity contribution in [3.05, 3.63) is 47.9 Å². The highest BCUT2D eigenvalue weighted by molar-refractivity contribution is 5.99. The molecule has 1 saturated heterocycles. The van der Waals surface area contributed by atoms with E-state index in [1.54, 1.807) is 12.1 Å². The fourth-order valence-electron chi connectivity index (χ4n) is 4.43. The lowest BCUT2D eigenvalue weighted by atomic mass is 10.0. The van der Waals surface area contributed by atoms with Gasteiger partial charge in [-0.25, -0.2) is 0 Å². The molecule has 35 heavy (non-hydrogen) atoms. The third-order valence-corrected chi connectivity index (χ3v) is 6.16. The molecule has 3 heterocycles. The van der Waals surface area contributed by atoms with Crippen LogP contribution in [0, 0.1) is 5.92 Å². The summed E-state index contributed by atoms with van der Waals surface area (Å²) in [5, 5.41) is 6.20. The summed E-state index contributed by atoms with van der Waals surface area (Å²) in [4.78, 5) is 42.8. The number of likely N-dealkylation sites (N-methyl/N-ethyl adjacent to an activating group) is 1. The standard InChI is InChI=1S/C26H32N4O5/c1-14(2)23(25(32)27-5)29-24(31)22-9-8-21(35-22)18-7-6-17-10-20(28-19(17)11-18)26(33)30-12-15(3)34-16(4)13-30/h6-11,14-16,23,28H,12-13H2,1-5H3,(H,27,32)(H,29,31)/t15?,16?,23-/m0/s1. The van der Waals surface area contributed by atoms with Crippen LogP contribution in [0.25, 0.3) is 22.2 Å². The zero-order valence-electron chi connectivity index (χ0n) is 20.7. The Morgan fingerprint density at radius 3 is 2.43 bits per heavy atom. The van der Waals surface area contributed by atoms with Gasteiger partial charge < -0.3 is 29.7 Å². The maximum atomic E-state index is 13.0. The smallest absolute Gasteiger partial charge is 0.287 e. The molecule has 4 rings (SSSR count). The van der Waals surface area contributed by atoms with E-state index in [1.165, 1.54) is 7.05 Å². The number of rotatable bonds is 6. The number of carbonyl (C=O) groups is 3. The van der Waals surface area contributed by atoms with E-state index >= 15 is 0 Å². The number of benzene rings is 1. The van der Waals surface area contributed by atoms with E-state index in [2.05, 4.69) is 15.6 Å². The minimum Gasteiger partial charge on any atom is -0.451 e. The van der Waals surface area contributed by atoms with Crippen molar-refractivity contribution in [3.63, 3.8) is 0 Å². The number of fused-ring (bicyclic) bond motifs is 1. The highest BCUT2D eigenvalue weighted by Crippen LogP contribution is 2.27. The van der Waals surface area contributed by atoms with Crippen molar-refractivity contribution < 1.29 is 23.5 Å². The molecule has 1 aromatic carbocycles. The van der Waals surface area contributed by atoms with Gasteiger partial charge in [0.1, 0.15) is 17.5 Å². The number of furan rings is 1. The molecule has 3 amide bonds. The third-order valence-electron chi connectivity index (χ3n) is 6.16. The van der Waals surface area contributed by atoms with Gasteiger partial charge in [-0.1, -0.05) is 26.0 Å². The Hall–Kier alpha value is -3.59. The summed E-state index contributed by atoms with van der Waals surface area (Å²) in [6.45, 7) is 8.76. The number of nitrogens with zero attached hydrogens (tertiary/aromatic N) is 1. The Morgan fingerprint density at radius 2 is 1.77 bits per heavy atom. The Kier molecular flexibility index (Phi) is 6.98. The quantitative estimate of drug-likeness (QED) is 0.501. The van der Waals surface area contributed by atoms with E-state index in [-0.39, 0.29) is 35.7 Å². The second-order valence-corrected chi connectivity index (χ2v) is 9.43. The second kappa shape index (κ2) is 9.95. The Labute approximate surface area is 204 Å². The number of H-pyrrole nitrogens is 1. The number of nitrogens with one attached hydrogen (secondary N) is 3. The van der Waals surface area contributed by atoms with Gasteiger partial charge in [-0.3, -0.25) is 14.4 Å². The van der Waals surface area contributed by atoms with Gasteiger partial charge in [-0.15, -0.1) is 0 Å². The largest absolute Gasteiger partial charge is 0.451 e. The SMILES string of the molecule is CNC(=O)[C@@H](NC(=O)c1ccc(-c2ccc3cc(C(=O)N4CC(C)OC(C)C4)[nH]c3c2)o1)C(C)C. The molecule has 1 fully saturated rings. The number of hydrogen-bond acceptors (Lipinski definition) is 5. The molecule has 2 aromatic heterocycles. The molecule has 1 aliphatic rings. The first-order valence-corrected chi connectivity index (χ1v) is 11.9. The van der Waals surface area contributed by atoms with Crippen LogP contribution >= 0.6 is 0 Å². The minimum atomic E-state index is -0.662. The van der Waals surface area contributed by atoms with Gasteiger partial charge in [0.05, 0.1) is 12.2 Å². The van der Waals surface area contributed by atoms with Crippen molar-refractivity contribution in [2.45, 2.75) is 45.9 Å². The molecule has 9 heteroatoms. The Bertz CT molecular complexity index is 1230. The van der Waals surface area contributed by atoms with Gasteiger partial charge >= 0.3 is 0 Å². The van der Waals surface area contributed by atoms with Gasteiger partial charge in [0.15, 0.2) is 5.76 Å². The Morgan fingerprint density at radius 1 is 1.06 bits per heavy atom. The van der Waals surface area contributed by atoms with Crippen LogP contribution in [0.2, 0.25) is 0 Å². The molecule has 1 aliphatic heterocycles. The van der Waals surface area contributed by atoms with Gasteiger partial charge in [0, 0.05) is 36.6 Å². The average Bonchev–Trinajstić information content (AvgIpc) is 3.47. The molecule has 0 bridgehead atoms. The van der Waals surface area contributed by atoms with Crippen LogP contribution in [-0.2, 0) is 9.53 Å². The van der Waals surface area contributed by atoms with Crippen LogP contribution in [-0.4, -0.2) is 66.0 Å². The zero-order valence-corrected chi connectivity index (χ0v) is 20.7. The Balaban J connectivity index is 1.52. The molecule has 0 radical (unpaired) electrons. The maximum absolute atomic E-state index is 13.0. The van der Waals surface area contributed by atoms with Crippen molar-refractivity contribution in [2.75, 3.05) is 20.1 Å². The number of hydrogen-bond donors (Lipinski definition) is 3. The van der Waals surface area contributed by atoms with E-state index < -0.39 is 11.9 Å². The van der Waals surface area contributed by atoms with Crippen LogP contribution in [0.3, 0.4) is 0 Å². The minimum absolute atomic E-state index is 0.00352. The first-order chi connectivity index (χ1) is 16.7. The predicted molar refractivity (Wildman–Crippen MR) is 132 cm³/mol. The molecule has 3 N–H and O–H groups in total. The third kappa shape index (κ3) is 5.24. The number of aromatic amines is 1. The van der Waals surface area contributed by atoms with Gasteiger partial charge in [0.25, 0.3) is 11.8 Å². The molecule has 0 aliphatic carbocycles. The molecule has 3 atom stereocenters. The highest BCUT2D eigenvalue weighted by atomic mass is 16.5. The van der Waals surface area contributed by atoms with E-state index in [9.17, 15) is 14.4 Å². The van der Waals surface area contributed by atoms with E-state index in [0.717, 1.165) is 16.5 Å². The summed E-state index contributed by atoms with van der Waals surface area (Å²) in [6, 6.07) is 10.2. The lowest BCUT2D eigenvalue weighted by Crippen LogP contribution is -2.48. The van der Waals surface area contributed by atoms with E-state index in [0.29, 0.717) is 24.5 Å². The first kappa shape index (κ1) is 24.5. The van der Waals surface area contributed by atoms with Crippen LogP contribution in [0.15, 0.2) is 40.8 Å². The normalized spacial score (nSPS) is 19.1. The van der Waals surface area contributed by atoms with Crippen LogP contribution in [0.5, 0.6) is 0 Å². The van der Waals surface area contributed by atoms with Crippen molar-refractivity contribution in [1.82, 2.24) is 20.5 Å². The zero-order chi connectivity index (χ0) is 25.3.